The highest BCUT2D eigenvalue weighted by molar-refractivity contribution is 6.27. The van der Waals surface area contributed by atoms with Gasteiger partial charge in [-0.05, 0) is 12.1 Å². The average molecular weight is 388 g/mol. The number of hydrogen-bond acceptors (Lipinski definition) is 6. The number of imidazole rings is 1. The smallest absolute Gasteiger partial charge is 0.214 e. The molecule has 2 aliphatic rings. The molecule has 2 aromatic heterocycles. The number of ketones is 2. The molecule has 0 amide bonds. The van der Waals surface area contributed by atoms with E-state index in [1.165, 1.54) is 0 Å². The normalized spacial score (nSPS) is 16.6. The van der Waals surface area contributed by atoms with Crippen molar-refractivity contribution in [3.05, 3.63) is 71.2 Å². The average Bonchev–Trinajstić information content (AvgIpc) is 3.17. The third kappa shape index (κ3) is 3.08. The van der Waals surface area contributed by atoms with E-state index in [9.17, 15) is 9.59 Å². The Kier molecular flexibility index (Phi) is 4.54. The zero-order valence-electron chi connectivity index (χ0n) is 15.9. The second kappa shape index (κ2) is 7.35. The third-order valence-corrected chi connectivity index (χ3v) is 5.45. The number of pyridine rings is 1. The summed E-state index contributed by atoms with van der Waals surface area (Å²) >= 11 is 0. The van der Waals surface area contributed by atoms with Crippen LogP contribution in [0, 0.1) is 0 Å². The Morgan fingerprint density at radius 2 is 1.62 bits per heavy atom. The molecule has 0 N–H and O–H groups in total. The van der Waals surface area contributed by atoms with Gasteiger partial charge in [0.25, 0.3) is 0 Å². The van der Waals surface area contributed by atoms with Crippen molar-refractivity contribution in [1.82, 2.24) is 19.4 Å². The molecule has 3 aromatic rings. The van der Waals surface area contributed by atoms with Crippen LogP contribution in [-0.4, -0.2) is 63.8 Å². The fraction of sp³-hybridized carbons (Fsp3) is 0.273. The van der Waals surface area contributed by atoms with Gasteiger partial charge >= 0.3 is 0 Å². The maximum absolute atomic E-state index is 13.3. The molecular weight excluding hydrogens is 368 g/mol. The van der Waals surface area contributed by atoms with Crippen LogP contribution in [0.4, 0.5) is 0 Å². The van der Waals surface area contributed by atoms with Gasteiger partial charge in [-0.25, -0.2) is 4.98 Å². The maximum Gasteiger partial charge on any atom is 0.214 e. The lowest BCUT2D eigenvalue weighted by Gasteiger charge is -2.27. The van der Waals surface area contributed by atoms with Crippen molar-refractivity contribution in [3.63, 3.8) is 0 Å². The molecule has 0 saturated carbocycles. The van der Waals surface area contributed by atoms with E-state index < -0.39 is 0 Å². The van der Waals surface area contributed by atoms with Gasteiger partial charge in [-0.2, -0.15) is 0 Å². The van der Waals surface area contributed by atoms with Gasteiger partial charge in [0.1, 0.15) is 17.1 Å². The number of hydrogen-bond donors (Lipinski definition) is 0. The molecule has 0 radical (unpaired) electrons. The van der Waals surface area contributed by atoms with E-state index >= 15 is 0 Å². The second-order valence-electron chi connectivity index (χ2n) is 7.16. The molecule has 29 heavy (non-hydrogen) atoms. The molecule has 0 bridgehead atoms. The minimum absolute atomic E-state index is 0.160. The van der Waals surface area contributed by atoms with Crippen molar-refractivity contribution < 1.29 is 14.3 Å². The lowest BCUT2D eigenvalue weighted by Crippen LogP contribution is -2.38. The fourth-order valence-electron chi connectivity index (χ4n) is 3.95. The molecule has 7 heteroatoms. The lowest BCUT2D eigenvalue weighted by molar-refractivity contribution is 0.0363. The van der Waals surface area contributed by atoms with Crippen molar-refractivity contribution in [3.8, 4) is 11.5 Å². The monoisotopic (exact) mass is 388 g/mol. The quantitative estimate of drug-likeness (QED) is 0.533. The second-order valence-corrected chi connectivity index (χ2v) is 7.16. The molecule has 1 saturated heterocycles. The molecule has 5 rings (SSSR count). The van der Waals surface area contributed by atoms with Gasteiger partial charge in [0.2, 0.25) is 11.6 Å². The van der Waals surface area contributed by atoms with Crippen LogP contribution in [0.15, 0.2) is 48.7 Å². The highest BCUT2D eigenvalue weighted by Crippen LogP contribution is 2.30. The van der Waals surface area contributed by atoms with Gasteiger partial charge in [-0.15, -0.1) is 0 Å². The Morgan fingerprint density at radius 1 is 0.897 bits per heavy atom. The number of carbonyl (C=O) groups is 2. The van der Waals surface area contributed by atoms with Crippen LogP contribution in [0.1, 0.15) is 32.1 Å². The Balaban J connectivity index is 1.61. The predicted octanol–water partition coefficient (Wildman–Crippen LogP) is 2.05. The van der Waals surface area contributed by atoms with E-state index in [0.717, 1.165) is 19.6 Å². The zero-order valence-corrected chi connectivity index (χ0v) is 15.9. The first kappa shape index (κ1) is 17.9. The Labute approximate surface area is 168 Å². The number of morpholine rings is 1. The molecule has 3 heterocycles. The Bertz CT molecular complexity index is 1080. The minimum atomic E-state index is -0.211. The van der Waals surface area contributed by atoms with Crippen LogP contribution in [0.3, 0.4) is 0 Å². The fourth-order valence-corrected chi connectivity index (χ4v) is 3.95. The number of aromatic nitrogens is 3. The Hall–Kier alpha value is -3.16. The summed E-state index contributed by atoms with van der Waals surface area (Å²) < 4.78 is 7.29. The highest BCUT2D eigenvalue weighted by atomic mass is 16.5. The predicted molar refractivity (Wildman–Crippen MR) is 106 cm³/mol. The van der Waals surface area contributed by atoms with E-state index in [-0.39, 0.29) is 17.3 Å². The van der Waals surface area contributed by atoms with E-state index in [1.807, 2.05) is 22.8 Å². The Morgan fingerprint density at radius 3 is 2.34 bits per heavy atom. The van der Waals surface area contributed by atoms with E-state index in [0.29, 0.717) is 48.1 Å². The number of nitrogens with zero attached hydrogens (tertiary/aromatic N) is 4. The van der Waals surface area contributed by atoms with Crippen LogP contribution in [0.5, 0.6) is 0 Å². The molecule has 1 aliphatic carbocycles. The van der Waals surface area contributed by atoms with Crippen LogP contribution < -0.4 is 0 Å². The molecular formula is C22H20N4O3. The van der Waals surface area contributed by atoms with Gasteiger partial charge in [-0.1, -0.05) is 30.3 Å². The topological polar surface area (TPSA) is 77.3 Å². The first-order chi connectivity index (χ1) is 14.2. The number of rotatable bonds is 4. The van der Waals surface area contributed by atoms with Crippen LogP contribution >= 0.6 is 0 Å². The largest absolute Gasteiger partial charge is 0.379 e. The molecule has 1 aromatic carbocycles. The van der Waals surface area contributed by atoms with Gasteiger partial charge in [0, 0.05) is 43.5 Å². The van der Waals surface area contributed by atoms with Gasteiger partial charge in [0.05, 0.1) is 13.2 Å². The molecule has 146 valence electrons. The molecule has 0 unspecified atom stereocenters. The summed E-state index contributed by atoms with van der Waals surface area (Å²) in [5, 5.41) is 0. The standard InChI is InChI=1S/C22H20N4O3/c27-20-15-5-1-2-6-16(15)21(28)19-18(20)24-22(17-7-3-4-8-23-17)26(19)10-9-25-11-13-29-14-12-25/h1-8H,9-14H2. The number of ether oxygens (including phenoxy) is 1. The van der Waals surface area contributed by atoms with Gasteiger partial charge in [-0.3, -0.25) is 19.5 Å². The number of benzene rings is 1. The third-order valence-electron chi connectivity index (χ3n) is 5.45. The summed E-state index contributed by atoms with van der Waals surface area (Å²) in [6.45, 7) is 4.42. The number of carbonyl (C=O) groups excluding carboxylic acids is 2. The summed E-state index contributed by atoms with van der Waals surface area (Å²) in [4.78, 5) is 37.7. The summed E-state index contributed by atoms with van der Waals surface area (Å²) in [7, 11) is 0. The van der Waals surface area contributed by atoms with Crippen molar-refractivity contribution >= 4 is 11.6 Å². The minimum Gasteiger partial charge on any atom is -0.379 e. The van der Waals surface area contributed by atoms with Crippen molar-refractivity contribution in [1.29, 1.82) is 0 Å². The molecule has 7 nitrogen and oxygen atoms in total. The SMILES string of the molecule is O=C1c2ccccc2C(=O)c2c1nc(-c1ccccn1)n2CCN1CCOCC1. The van der Waals surface area contributed by atoms with Crippen molar-refractivity contribution in [2.75, 3.05) is 32.8 Å². The molecule has 1 aliphatic heterocycles. The summed E-state index contributed by atoms with van der Waals surface area (Å²) in [6.07, 6.45) is 1.69. The molecule has 1 fully saturated rings. The maximum atomic E-state index is 13.3. The van der Waals surface area contributed by atoms with Crippen molar-refractivity contribution in [2.45, 2.75) is 6.54 Å². The summed E-state index contributed by atoms with van der Waals surface area (Å²) in [6, 6.07) is 12.5. The zero-order chi connectivity index (χ0) is 19.8. The van der Waals surface area contributed by atoms with E-state index in [2.05, 4.69) is 14.9 Å². The van der Waals surface area contributed by atoms with Gasteiger partial charge < -0.3 is 9.30 Å². The van der Waals surface area contributed by atoms with Crippen LogP contribution in [-0.2, 0) is 11.3 Å². The first-order valence-electron chi connectivity index (χ1n) is 9.74. The number of fused-ring (bicyclic) bond motifs is 2. The van der Waals surface area contributed by atoms with Crippen LogP contribution in [0.25, 0.3) is 11.5 Å². The van der Waals surface area contributed by atoms with Gasteiger partial charge in [0.15, 0.2) is 5.82 Å². The summed E-state index contributed by atoms with van der Waals surface area (Å²) in [5.74, 6) is 0.183. The first-order valence-corrected chi connectivity index (χ1v) is 9.74. The van der Waals surface area contributed by atoms with Crippen molar-refractivity contribution in [2.24, 2.45) is 0 Å². The highest BCUT2D eigenvalue weighted by Gasteiger charge is 2.36. The summed E-state index contributed by atoms with van der Waals surface area (Å²) in [5.41, 5.74) is 2.08. The molecule has 0 spiro atoms. The van der Waals surface area contributed by atoms with E-state index in [1.54, 1.807) is 30.5 Å². The molecule has 0 atom stereocenters. The van der Waals surface area contributed by atoms with E-state index in [4.69, 9.17) is 4.74 Å². The van der Waals surface area contributed by atoms with Crippen LogP contribution in [0.2, 0.25) is 0 Å². The lowest BCUT2D eigenvalue weighted by atomic mass is 9.90.